The monoisotopic (exact) mass is 507 g/mol. The van der Waals surface area contributed by atoms with E-state index >= 15 is 0 Å². The number of H-pyrrole nitrogens is 2. The highest BCUT2D eigenvalue weighted by molar-refractivity contribution is 5.98. The molecule has 0 aliphatic carbocycles. The first-order valence-electron chi connectivity index (χ1n) is 12.8. The Labute approximate surface area is 215 Å². The molecule has 1 amide bonds. The average Bonchev–Trinajstić information content (AvgIpc) is 3.45. The van der Waals surface area contributed by atoms with Gasteiger partial charge in [-0.3, -0.25) is 4.79 Å². The van der Waals surface area contributed by atoms with Gasteiger partial charge in [-0.05, 0) is 81.5 Å². The van der Waals surface area contributed by atoms with Crippen LogP contribution in [-0.2, 0) is 16.0 Å². The molecule has 8 heteroatoms. The van der Waals surface area contributed by atoms with E-state index in [1.807, 2.05) is 26.0 Å². The molecule has 0 aliphatic rings. The fourth-order valence-corrected chi connectivity index (χ4v) is 4.67. The fraction of sp³-hybridized carbons (Fsp3) is 0.379. The van der Waals surface area contributed by atoms with Gasteiger partial charge in [0.2, 0.25) is 0 Å². The Bertz CT molecular complexity index is 1420. The molecule has 2 aromatic heterocycles. The summed E-state index contributed by atoms with van der Waals surface area (Å²) >= 11 is 0. The number of halogens is 1. The minimum absolute atomic E-state index is 0.230. The van der Waals surface area contributed by atoms with Gasteiger partial charge < -0.3 is 24.8 Å². The van der Waals surface area contributed by atoms with Gasteiger partial charge in [-0.1, -0.05) is 19.4 Å². The molecule has 4 rings (SSSR count). The van der Waals surface area contributed by atoms with E-state index in [1.165, 1.54) is 6.07 Å². The zero-order valence-corrected chi connectivity index (χ0v) is 21.8. The number of nitrogens with one attached hydrogen (secondary N) is 3. The lowest BCUT2D eigenvalue weighted by atomic mass is 10.0. The molecule has 0 spiro atoms. The van der Waals surface area contributed by atoms with Crippen LogP contribution in [0.2, 0.25) is 0 Å². The third kappa shape index (κ3) is 5.79. The SMILES string of the molecule is CCCCC(Oc1ccc2[nH]c(C(=O)NCCc3c(C)[nH]c4c(F)ccc(C)c34)cc2c1)C(=O)OCC. The zero-order chi connectivity index (χ0) is 26.5. The summed E-state index contributed by atoms with van der Waals surface area (Å²) < 4.78 is 25.3. The van der Waals surface area contributed by atoms with E-state index in [1.54, 1.807) is 25.1 Å². The lowest BCUT2D eigenvalue weighted by molar-refractivity contribution is -0.151. The van der Waals surface area contributed by atoms with Crippen molar-refractivity contribution in [2.75, 3.05) is 13.2 Å². The van der Waals surface area contributed by atoms with Crippen molar-refractivity contribution in [1.82, 2.24) is 15.3 Å². The molecule has 196 valence electrons. The molecule has 0 radical (unpaired) electrons. The van der Waals surface area contributed by atoms with Crippen LogP contribution in [0.1, 0.15) is 60.4 Å². The molecule has 7 nitrogen and oxygen atoms in total. The minimum Gasteiger partial charge on any atom is -0.479 e. The summed E-state index contributed by atoms with van der Waals surface area (Å²) in [5.41, 5.74) is 4.62. The molecule has 1 unspecified atom stereocenters. The molecule has 0 saturated heterocycles. The maximum Gasteiger partial charge on any atom is 0.347 e. The first kappa shape index (κ1) is 26.3. The second-order valence-electron chi connectivity index (χ2n) is 9.28. The summed E-state index contributed by atoms with van der Waals surface area (Å²) in [5, 5.41) is 4.64. The van der Waals surface area contributed by atoms with Crippen molar-refractivity contribution >= 4 is 33.7 Å². The van der Waals surface area contributed by atoms with Crippen LogP contribution < -0.4 is 10.1 Å². The highest BCUT2D eigenvalue weighted by Gasteiger charge is 2.22. The third-order valence-corrected chi connectivity index (χ3v) is 6.57. The molecule has 0 saturated carbocycles. The van der Waals surface area contributed by atoms with Crippen LogP contribution in [-0.4, -0.2) is 41.1 Å². The van der Waals surface area contributed by atoms with Crippen molar-refractivity contribution in [3.8, 4) is 5.75 Å². The molecule has 3 N–H and O–H groups in total. The summed E-state index contributed by atoms with van der Waals surface area (Å²) in [5.74, 6) is -0.329. The number of aryl methyl sites for hydroxylation is 2. The normalized spacial score (nSPS) is 12.1. The Morgan fingerprint density at radius 2 is 1.89 bits per heavy atom. The van der Waals surface area contributed by atoms with E-state index in [9.17, 15) is 14.0 Å². The summed E-state index contributed by atoms with van der Waals surface area (Å²) in [7, 11) is 0. The number of aromatic amines is 2. The summed E-state index contributed by atoms with van der Waals surface area (Å²) in [6, 6.07) is 10.4. The van der Waals surface area contributed by atoms with Gasteiger partial charge in [-0.25, -0.2) is 9.18 Å². The number of hydrogen-bond donors (Lipinski definition) is 3. The van der Waals surface area contributed by atoms with E-state index in [4.69, 9.17) is 9.47 Å². The van der Waals surface area contributed by atoms with E-state index in [-0.39, 0.29) is 17.7 Å². The Kier molecular flexibility index (Phi) is 8.16. The number of unbranched alkanes of at least 4 members (excludes halogenated alkanes) is 1. The number of benzene rings is 2. The van der Waals surface area contributed by atoms with Gasteiger partial charge in [0.1, 0.15) is 17.3 Å². The van der Waals surface area contributed by atoms with Crippen LogP contribution in [0.25, 0.3) is 21.8 Å². The van der Waals surface area contributed by atoms with Crippen molar-refractivity contribution in [3.05, 3.63) is 64.7 Å². The van der Waals surface area contributed by atoms with Crippen molar-refractivity contribution in [2.45, 2.75) is 59.5 Å². The van der Waals surface area contributed by atoms with Crippen molar-refractivity contribution in [2.24, 2.45) is 0 Å². The van der Waals surface area contributed by atoms with Gasteiger partial charge >= 0.3 is 5.97 Å². The summed E-state index contributed by atoms with van der Waals surface area (Å²) in [6.45, 7) is 8.42. The number of carbonyl (C=O) groups excluding carboxylic acids is 2. The topological polar surface area (TPSA) is 96.2 Å². The van der Waals surface area contributed by atoms with Crippen molar-refractivity contribution in [3.63, 3.8) is 0 Å². The Morgan fingerprint density at radius 1 is 1.08 bits per heavy atom. The molecule has 0 fully saturated rings. The summed E-state index contributed by atoms with van der Waals surface area (Å²) in [6.07, 6.45) is 2.30. The largest absolute Gasteiger partial charge is 0.479 e. The van der Waals surface area contributed by atoms with Crippen LogP contribution in [0.4, 0.5) is 4.39 Å². The second kappa shape index (κ2) is 11.5. The van der Waals surface area contributed by atoms with Crippen LogP contribution in [0, 0.1) is 19.7 Å². The standard InChI is InChI=1S/C29H34FN3O4/c1-5-7-8-25(29(35)36-6-2)37-20-10-12-23-19(15-20)16-24(33-23)28(34)31-14-13-21-18(4)32-27-22(30)11-9-17(3)26(21)27/h9-12,15-16,25,32-33H,5-8,13-14H2,1-4H3,(H,31,34). The van der Waals surface area contributed by atoms with E-state index in [2.05, 4.69) is 22.2 Å². The van der Waals surface area contributed by atoms with E-state index in [0.29, 0.717) is 43.0 Å². The number of carbonyl (C=O) groups is 2. The first-order valence-corrected chi connectivity index (χ1v) is 12.8. The number of amides is 1. The molecule has 0 aliphatic heterocycles. The van der Waals surface area contributed by atoms with Gasteiger partial charge in [0.15, 0.2) is 6.10 Å². The van der Waals surface area contributed by atoms with Gasteiger partial charge in [0.05, 0.1) is 12.1 Å². The summed E-state index contributed by atoms with van der Waals surface area (Å²) in [4.78, 5) is 31.4. The molecule has 4 aromatic rings. The third-order valence-electron chi connectivity index (χ3n) is 6.57. The zero-order valence-electron chi connectivity index (χ0n) is 21.8. The van der Waals surface area contributed by atoms with Gasteiger partial charge in [-0.15, -0.1) is 0 Å². The van der Waals surface area contributed by atoms with Gasteiger partial charge in [0, 0.05) is 28.5 Å². The van der Waals surface area contributed by atoms with Crippen molar-refractivity contribution < 1.29 is 23.5 Å². The number of esters is 1. The van der Waals surface area contributed by atoms with Gasteiger partial charge in [0.25, 0.3) is 5.91 Å². The number of ether oxygens (including phenoxy) is 2. The maximum atomic E-state index is 14.2. The van der Waals surface area contributed by atoms with E-state index < -0.39 is 6.10 Å². The predicted molar refractivity (Wildman–Crippen MR) is 143 cm³/mol. The highest BCUT2D eigenvalue weighted by Crippen LogP contribution is 2.28. The maximum absolute atomic E-state index is 14.2. The smallest absolute Gasteiger partial charge is 0.347 e. The van der Waals surface area contributed by atoms with Crippen LogP contribution in [0.5, 0.6) is 5.75 Å². The molecule has 1 atom stereocenters. The Balaban J connectivity index is 1.43. The lowest BCUT2D eigenvalue weighted by Gasteiger charge is -2.17. The van der Waals surface area contributed by atoms with Crippen LogP contribution >= 0.6 is 0 Å². The average molecular weight is 508 g/mol. The number of aromatic nitrogens is 2. The molecular formula is C29H34FN3O4. The molecular weight excluding hydrogens is 473 g/mol. The molecule has 2 aromatic carbocycles. The van der Waals surface area contributed by atoms with Crippen molar-refractivity contribution in [1.29, 1.82) is 0 Å². The molecule has 37 heavy (non-hydrogen) atoms. The fourth-order valence-electron chi connectivity index (χ4n) is 4.67. The highest BCUT2D eigenvalue weighted by atomic mass is 19.1. The second-order valence-corrected chi connectivity index (χ2v) is 9.28. The number of fused-ring (bicyclic) bond motifs is 2. The van der Waals surface area contributed by atoms with Gasteiger partial charge in [-0.2, -0.15) is 0 Å². The lowest BCUT2D eigenvalue weighted by Crippen LogP contribution is -2.29. The van der Waals surface area contributed by atoms with Crippen LogP contribution in [0.15, 0.2) is 36.4 Å². The quantitative estimate of drug-likeness (QED) is 0.221. The van der Waals surface area contributed by atoms with Crippen LogP contribution in [0.3, 0.4) is 0 Å². The Morgan fingerprint density at radius 3 is 2.65 bits per heavy atom. The number of hydrogen-bond acceptors (Lipinski definition) is 4. The Hall–Kier alpha value is -3.81. The van der Waals surface area contributed by atoms with E-state index in [0.717, 1.165) is 46.0 Å². The molecule has 2 heterocycles. The molecule has 0 bridgehead atoms. The first-order chi connectivity index (χ1) is 17.8. The number of rotatable bonds is 11. The predicted octanol–water partition coefficient (Wildman–Crippen LogP) is 5.88. The minimum atomic E-state index is -0.663.